The molecule has 1 fully saturated rings. The van der Waals surface area contributed by atoms with Gasteiger partial charge in [0.25, 0.3) is 0 Å². The van der Waals surface area contributed by atoms with Crippen molar-refractivity contribution in [2.75, 3.05) is 6.61 Å². The van der Waals surface area contributed by atoms with Crippen LogP contribution in [0.15, 0.2) is 0 Å². The number of hydrogen-bond acceptors (Lipinski definition) is 3. The average Bonchev–Trinajstić information content (AvgIpc) is 2.37. The van der Waals surface area contributed by atoms with Gasteiger partial charge in [-0.05, 0) is 43.9 Å². The first kappa shape index (κ1) is 18.4. The number of ether oxygens (including phenoxy) is 1. The van der Waals surface area contributed by atoms with Crippen LogP contribution in [0.5, 0.6) is 0 Å². The van der Waals surface area contributed by atoms with Crippen LogP contribution in [0.25, 0.3) is 0 Å². The fourth-order valence-electron chi connectivity index (χ4n) is 3.35. The van der Waals surface area contributed by atoms with Gasteiger partial charge < -0.3 is 14.9 Å². The van der Waals surface area contributed by atoms with E-state index in [4.69, 9.17) is 4.74 Å². The van der Waals surface area contributed by atoms with Crippen molar-refractivity contribution in [1.29, 1.82) is 0 Å². The van der Waals surface area contributed by atoms with E-state index in [2.05, 4.69) is 13.8 Å². The number of rotatable bonds is 8. The summed E-state index contributed by atoms with van der Waals surface area (Å²) in [7, 11) is 0. The largest absolute Gasteiger partial charge is 0.479 e. The molecule has 1 aliphatic rings. The SMILES string of the molecule is CCC(O)CC(C)(OCCC1CCCC(C)(C)C1)C(=O)O. The minimum absolute atomic E-state index is 0.148. The summed E-state index contributed by atoms with van der Waals surface area (Å²) in [4.78, 5) is 11.4. The minimum Gasteiger partial charge on any atom is -0.479 e. The Hall–Kier alpha value is -0.610. The van der Waals surface area contributed by atoms with Crippen molar-refractivity contribution in [3.8, 4) is 0 Å². The Labute approximate surface area is 128 Å². The first-order valence-corrected chi connectivity index (χ1v) is 8.24. The summed E-state index contributed by atoms with van der Waals surface area (Å²) in [6, 6.07) is 0. The molecule has 0 aromatic rings. The van der Waals surface area contributed by atoms with Gasteiger partial charge in [0.2, 0.25) is 0 Å². The summed E-state index contributed by atoms with van der Waals surface area (Å²) < 4.78 is 5.67. The van der Waals surface area contributed by atoms with Gasteiger partial charge in [-0.1, -0.05) is 33.6 Å². The lowest BCUT2D eigenvalue weighted by atomic mass is 9.71. The predicted octanol–water partition coefficient (Wildman–Crippen LogP) is 3.61. The second-order valence-electron chi connectivity index (χ2n) is 7.57. The number of hydrogen-bond donors (Lipinski definition) is 2. The molecule has 3 unspecified atom stereocenters. The van der Waals surface area contributed by atoms with Gasteiger partial charge in [-0.3, -0.25) is 0 Å². The molecular weight excluding hydrogens is 268 g/mol. The van der Waals surface area contributed by atoms with E-state index in [-0.39, 0.29) is 6.42 Å². The van der Waals surface area contributed by atoms with Crippen LogP contribution in [0.2, 0.25) is 0 Å². The maximum Gasteiger partial charge on any atom is 0.335 e. The van der Waals surface area contributed by atoms with Crippen LogP contribution in [0.1, 0.15) is 72.6 Å². The summed E-state index contributed by atoms with van der Waals surface area (Å²) in [5.41, 5.74) is -0.878. The molecule has 0 bridgehead atoms. The van der Waals surface area contributed by atoms with Gasteiger partial charge in [0.05, 0.1) is 6.10 Å². The van der Waals surface area contributed by atoms with Crippen LogP contribution >= 0.6 is 0 Å². The first-order chi connectivity index (χ1) is 9.68. The Bertz CT molecular complexity index is 340. The van der Waals surface area contributed by atoms with Crippen LogP contribution in [0.3, 0.4) is 0 Å². The van der Waals surface area contributed by atoms with Gasteiger partial charge >= 0.3 is 5.97 Å². The first-order valence-electron chi connectivity index (χ1n) is 8.24. The third-order valence-corrected chi connectivity index (χ3v) is 4.80. The molecular formula is C17H32O4. The lowest BCUT2D eigenvalue weighted by Crippen LogP contribution is -2.42. The molecule has 0 heterocycles. The van der Waals surface area contributed by atoms with Gasteiger partial charge in [-0.2, -0.15) is 0 Å². The van der Waals surface area contributed by atoms with Gasteiger partial charge in [-0.25, -0.2) is 4.79 Å². The summed E-state index contributed by atoms with van der Waals surface area (Å²) in [6.07, 6.45) is 5.92. The Kier molecular flexibility index (Phi) is 6.67. The quantitative estimate of drug-likeness (QED) is 0.718. The van der Waals surface area contributed by atoms with Crippen molar-refractivity contribution in [1.82, 2.24) is 0 Å². The third-order valence-electron chi connectivity index (χ3n) is 4.80. The second-order valence-corrected chi connectivity index (χ2v) is 7.57. The molecule has 4 nitrogen and oxygen atoms in total. The van der Waals surface area contributed by atoms with Crippen LogP contribution in [-0.4, -0.2) is 34.5 Å². The summed E-state index contributed by atoms with van der Waals surface area (Å²) in [5.74, 6) is -0.359. The lowest BCUT2D eigenvalue weighted by molar-refractivity contribution is -0.168. The standard InChI is InChI=1S/C17H32O4/c1-5-14(18)12-17(4,15(19)20)21-10-8-13-7-6-9-16(2,3)11-13/h13-14,18H,5-12H2,1-4H3,(H,19,20). The molecule has 4 heteroatoms. The van der Waals surface area contributed by atoms with Crippen molar-refractivity contribution >= 4 is 5.97 Å². The van der Waals surface area contributed by atoms with E-state index in [9.17, 15) is 15.0 Å². The third kappa shape index (κ3) is 5.95. The minimum atomic E-state index is -1.28. The van der Waals surface area contributed by atoms with Crippen molar-refractivity contribution in [3.63, 3.8) is 0 Å². The molecule has 3 atom stereocenters. The zero-order valence-electron chi connectivity index (χ0n) is 14.0. The smallest absolute Gasteiger partial charge is 0.335 e. The van der Waals surface area contributed by atoms with Crippen molar-refractivity contribution in [2.24, 2.45) is 11.3 Å². The summed E-state index contributed by atoms with van der Waals surface area (Å²) in [6.45, 7) is 8.48. The van der Waals surface area contributed by atoms with Gasteiger partial charge in [0, 0.05) is 13.0 Å². The highest BCUT2D eigenvalue weighted by atomic mass is 16.5. The highest BCUT2D eigenvalue weighted by molar-refractivity contribution is 5.76. The van der Waals surface area contributed by atoms with E-state index in [1.807, 2.05) is 6.92 Å². The lowest BCUT2D eigenvalue weighted by Gasteiger charge is -2.36. The van der Waals surface area contributed by atoms with Crippen LogP contribution in [-0.2, 0) is 9.53 Å². The molecule has 1 aliphatic carbocycles. The molecule has 0 aromatic heterocycles. The normalized spacial score (nSPS) is 26.0. The van der Waals surface area contributed by atoms with Crippen molar-refractivity contribution in [3.05, 3.63) is 0 Å². The molecule has 0 aliphatic heterocycles. The molecule has 0 radical (unpaired) electrons. The number of carboxylic acids is 1. The van der Waals surface area contributed by atoms with Crippen LogP contribution in [0, 0.1) is 11.3 Å². The molecule has 0 aromatic carbocycles. The zero-order valence-corrected chi connectivity index (χ0v) is 14.0. The van der Waals surface area contributed by atoms with E-state index in [0.29, 0.717) is 24.4 Å². The predicted molar refractivity (Wildman–Crippen MR) is 83.3 cm³/mol. The van der Waals surface area contributed by atoms with E-state index >= 15 is 0 Å². The molecule has 2 N–H and O–H groups in total. The maximum absolute atomic E-state index is 11.4. The summed E-state index contributed by atoms with van der Waals surface area (Å²) in [5, 5.41) is 19.1. The van der Waals surface area contributed by atoms with Crippen LogP contribution in [0.4, 0.5) is 0 Å². The van der Waals surface area contributed by atoms with Crippen LogP contribution < -0.4 is 0 Å². The van der Waals surface area contributed by atoms with Gasteiger partial charge in [0.1, 0.15) is 0 Å². The van der Waals surface area contributed by atoms with E-state index in [0.717, 1.165) is 6.42 Å². The molecule has 1 rings (SSSR count). The van der Waals surface area contributed by atoms with Crippen molar-refractivity contribution in [2.45, 2.75) is 84.3 Å². The van der Waals surface area contributed by atoms with Crippen molar-refractivity contribution < 1.29 is 19.7 Å². The van der Waals surface area contributed by atoms with E-state index in [1.165, 1.54) is 25.7 Å². The molecule has 1 saturated carbocycles. The maximum atomic E-state index is 11.4. The molecule has 21 heavy (non-hydrogen) atoms. The molecule has 0 spiro atoms. The highest BCUT2D eigenvalue weighted by Crippen LogP contribution is 2.40. The van der Waals surface area contributed by atoms with Gasteiger partial charge in [0.15, 0.2) is 5.60 Å². The Morgan fingerprint density at radius 1 is 1.48 bits per heavy atom. The average molecular weight is 300 g/mol. The van der Waals surface area contributed by atoms with E-state index < -0.39 is 17.7 Å². The zero-order chi connectivity index (χ0) is 16.1. The molecule has 0 saturated heterocycles. The molecule has 124 valence electrons. The van der Waals surface area contributed by atoms with Gasteiger partial charge in [-0.15, -0.1) is 0 Å². The fourth-order valence-corrected chi connectivity index (χ4v) is 3.35. The van der Waals surface area contributed by atoms with E-state index in [1.54, 1.807) is 6.92 Å². The number of carbonyl (C=O) groups is 1. The Balaban J connectivity index is 2.45. The Morgan fingerprint density at radius 3 is 2.67 bits per heavy atom. The summed E-state index contributed by atoms with van der Waals surface area (Å²) >= 11 is 0. The second kappa shape index (κ2) is 7.59. The number of carboxylic acid groups (broad SMARTS) is 1. The fraction of sp³-hybridized carbons (Fsp3) is 0.941. The molecule has 0 amide bonds. The Morgan fingerprint density at radius 2 is 2.14 bits per heavy atom. The number of aliphatic carboxylic acids is 1. The number of aliphatic hydroxyl groups is 1. The topological polar surface area (TPSA) is 66.8 Å². The number of aliphatic hydroxyl groups excluding tert-OH is 1. The highest BCUT2D eigenvalue weighted by Gasteiger charge is 2.36. The monoisotopic (exact) mass is 300 g/mol.